The van der Waals surface area contributed by atoms with E-state index >= 15 is 0 Å². The highest BCUT2D eigenvalue weighted by Crippen LogP contribution is 2.15. The number of rotatable bonds is 3. The van der Waals surface area contributed by atoms with Gasteiger partial charge in [-0.3, -0.25) is 9.59 Å². The van der Waals surface area contributed by atoms with Crippen molar-refractivity contribution < 1.29 is 23.9 Å². The molecule has 0 spiro atoms. The van der Waals surface area contributed by atoms with Crippen LogP contribution in [0.1, 0.15) is 0 Å². The number of carbonyl (C=O) groups is 3. The summed E-state index contributed by atoms with van der Waals surface area (Å²) in [5, 5.41) is 0. The van der Waals surface area contributed by atoms with Gasteiger partial charge in [0.1, 0.15) is 6.54 Å². The molecule has 2 aliphatic heterocycles. The summed E-state index contributed by atoms with van der Waals surface area (Å²) in [6, 6.07) is 0. The molecule has 2 aliphatic rings. The predicted molar refractivity (Wildman–Crippen MR) is 67.4 cm³/mol. The number of carbonyl (C=O) groups excluding carboxylic acids is 3. The number of ether oxygens (including phenoxy) is 2. The van der Waals surface area contributed by atoms with Crippen molar-refractivity contribution in [2.75, 3.05) is 45.0 Å². The van der Waals surface area contributed by atoms with Gasteiger partial charge in [-0.25, -0.2) is 4.79 Å². The van der Waals surface area contributed by atoms with Crippen LogP contribution in [0.5, 0.6) is 0 Å². The Labute approximate surface area is 115 Å². The van der Waals surface area contributed by atoms with E-state index < -0.39 is 12.1 Å². The Balaban J connectivity index is 1.88. The number of methoxy groups -OCH3 is 1. The molecule has 7 nitrogen and oxygen atoms in total. The van der Waals surface area contributed by atoms with Gasteiger partial charge in [0.25, 0.3) is 0 Å². The number of morpholine rings is 1. The lowest BCUT2D eigenvalue weighted by Gasteiger charge is -2.32. The van der Waals surface area contributed by atoms with Gasteiger partial charge < -0.3 is 19.3 Å². The zero-order valence-corrected chi connectivity index (χ0v) is 11.5. The van der Waals surface area contributed by atoms with Crippen molar-refractivity contribution in [1.82, 2.24) is 9.80 Å². The van der Waals surface area contributed by atoms with Crippen LogP contribution in [0, 0.1) is 0 Å². The molecule has 0 aromatic rings. The first-order valence-electron chi connectivity index (χ1n) is 5.94. The molecular weight excluding hydrogens is 272 g/mol. The van der Waals surface area contributed by atoms with Crippen molar-refractivity contribution in [3.63, 3.8) is 0 Å². The van der Waals surface area contributed by atoms with Gasteiger partial charge >= 0.3 is 5.97 Å². The van der Waals surface area contributed by atoms with Crippen molar-refractivity contribution in [2.24, 2.45) is 0 Å². The van der Waals surface area contributed by atoms with Crippen LogP contribution in [0.25, 0.3) is 0 Å². The van der Waals surface area contributed by atoms with Crippen LogP contribution in [0.15, 0.2) is 0 Å². The zero-order valence-electron chi connectivity index (χ0n) is 10.7. The van der Waals surface area contributed by atoms with E-state index in [0.717, 1.165) is 0 Å². The topological polar surface area (TPSA) is 76.2 Å². The fourth-order valence-corrected chi connectivity index (χ4v) is 2.86. The number of hydrogen-bond donors (Lipinski definition) is 0. The van der Waals surface area contributed by atoms with Crippen LogP contribution in [-0.4, -0.2) is 78.7 Å². The van der Waals surface area contributed by atoms with E-state index in [1.807, 2.05) is 0 Å². The van der Waals surface area contributed by atoms with E-state index in [0.29, 0.717) is 24.8 Å². The van der Waals surface area contributed by atoms with E-state index in [-0.39, 0.29) is 24.9 Å². The largest absolute Gasteiger partial charge is 0.467 e. The lowest BCUT2D eigenvalue weighted by atomic mass is 10.2. The molecule has 106 valence electrons. The third kappa shape index (κ3) is 3.38. The van der Waals surface area contributed by atoms with Crippen LogP contribution in [0.4, 0.5) is 0 Å². The SMILES string of the molecule is COC(=O)C1CN(C(=O)CN2CSCC2=O)CCO1. The molecule has 2 fully saturated rings. The molecule has 0 bridgehead atoms. The van der Waals surface area contributed by atoms with Crippen LogP contribution in [0.2, 0.25) is 0 Å². The molecule has 0 saturated carbocycles. The van der Waals surface area contributed by atoms with Gasteiger partial charge in [-0.2, -0.15) is 0 Å². The maximum Gasteiger partial charge on any atom is 0.336 e. The molecule has 1 unspecified atom stereocenters. The molecule has 8 heteroatoms. The van der Waals surface area contributed by atoms with Gasteiger partial charge in [-0.1, -0.05) is 0 Å². The normalized spacial score (nSPS) is 23.6. The Morgan fingerprint density at radius 1 is 1.53 bits per heavy atom. The van der Waals surface area contributed by atoms with Crippen LogP contribution < -0.4 is 0 Å². The molecule has 0 aromatic carbocycles. The van der Waals surface area contributed by atoms with Crippen molar-refractivity contribution in [1.29, 1.82) is 0 Å². The van der Waals surface area contributed by atoms with Gasteiger partial charge in [0.15, 0.2) is 6.10 Å². The Morgan fingerprint density at radius 3 is 2.95 bits per heavy atom. The van der Waals surface area contributed by atoms with Crippen LogP contribution in [-0.2, 0) is 23.9 Å². The number of amides is 2. The molecule has 0 radical (unpaired) electrons. The van der Waals surface area contributed by atoms with Gasteiger partial charge in [-0.05, 0) is 0 Å². The first kappa shape index (κ1) is 14.1. The molecule has 2 heterocycles. The zero-order chi connectivity index (χ0) is 13.8. The molecule has 2 amide bonds. The minimum absolute atomic E-state index is 0.0175. The maximum atomic E-state index is 12.1. The summed E-state index contributed by atoms with van der Waals surface area (Å²) in [7, 11) is 1.28. The highest BCUT2D eigenvalue weighted by atomic mass is 32.2. The van der Waals surface area contributed by atoms with Crippen molar-refractivity contribution in [3.8, 4) is 0 Å². The minimum atomic E-state index is -0.730. The van der Waals surface area contributed by atoms with Crippen LogP contribution in [0.3, 0.4) is 0 Å². The third-order valence-electron chi connectivity index (χ3n) is 3.03. The highest BCUT2D eigenvalue weighted by Gasteiger charge is 2.32. The first-order valence-corrected chi connectivity index (χ1v) is 7.10. The van der Waals surface area contributed by atoms with E-state index in [1.165, 1.54) is 23.8 Å². The van der Waals surface area contributed by atoms with Crippen molar-refractivity contribution in [2.45, 2.75) is 6.10 Å². The summed E-state index contributed by atoms with van der Waals surface area (Å²) in [5.74, 6) is 0.325. The molecule has 0 aliphatic carbocycles. The van der Waals surface area contributed by atoms with E-state index in [1.54, 1.807) is 4.90 Å². The molecule has 2 saturated heterocycles. The second kappa shape index (κ2) is 6.25. The summed E-state index contributed by atoms with van der Waals surface area (Å²) >= 11 is 1.49. The standard InChI is InChI=1S/C11H16N2O5S/c1-17-11(16)8-4-12(2-3-18-8)9(14)5-13-7-19-6-10(13)15/h8H,2-7H2,1H3. The van der Waals surface area contributed by atoms with E-state index in [9.17, 15) is 14.4 Å². The Bertz CT molecular complexity index is 389. The Morgan fingerprint density at radius 2 is 2.32 bits per heavy atom. The third-order valence-corrected chi connectivity index (χ3v) is 3.98. The average molecular weight is 288 g/mol. The Kier molecular flexibility index (Phi) is 4.65. The monoisotopic (exact) mass is 288 g/mol. The summed E-state index contributed by atoms with van der Waals surface area (Å²) in [4.78, 5) is 38.0. The number of esters is 1. The number of nitrogens with zero attached hydrogens (tertiary/aromatic N) is 2. The smallest absolute Gasteiger partial charge is 0.336 e. The molecule has 0 aromatic heterocycles. The number of hydrogen-bond acceptors (Lipinski definition) is 6. The second-order valence-electron chi connectivity index (χ2n) is 4.29. The van der Waals surface area contributed by atoms with Gasteiger partial charge in [0.2, 0.25) is 11.8 Å². The first-order chi connectivity index (χ1) is 9.11. The minimum Gasteiger partial charge on any atom is -0.467 e. The fraction of sp³-hybridized carbons (Fsp3) is 0.727. The van der Waals surface area contributed by atoms with Gasteiger partial charge in [-0.15, -0.1) is 11.8 Å². The molecule has 2 rings (SSSR count). The summed E-state index contributed by atoms with van der Waals surface area (Å²) in [6.45, 7) is 0.982. The lowest BCUT2D eigenvalue weighted by Crippen LogP contribution is -2.51. The van der Waals surface area contributed by atoms with E-state index in [4.69, 9.17) is 4.74 Å². The van der Waals surface area contributed by atoms with E-state index in [2.05, 4.69) is 4.74 Å². The van der Waals surface area contributed by atoms with Crippen molar-refractivity contribution >= 4 is 29.5 Å². The Hall–Kier alpha value is -1.28. The molecular formula is C11H16N2O5S. The van der Waals surface area contributed by atoms with Crippen LogP contribution >= 0.6 is 11.8 Å². The summed E-state index contributed by atoms with van der Waals surface area (Å²) in [5.41, 5.74) is 0. The molecule has 0 N–H and O–H groups in total. The van der Waals surface area contributed by atoms with Crippen molar-refractivity contribution in [3.05, 3.63) is 0 Å². The quantitative estimate of drug-likeness (QED) is 0.615. The lowest BCUT2D eigenvalue weighted by molar-refractivity contribution is -0.163. The predicted octanol–water partition coefficient (Wildman–Crippen LogP) is -1.08. The molecule has 1 atom stereocenters. The fourth-order valence-electron chi connectivity index (χ4n) is 1.95. The van der Waals surface area contributed by atoms with Gasteiger partial charge in [0, 0.05) is 6.54 Å². The second-order valence-corrected chi connectivity index (χ2v) is 5.25. The number of thioether (sulfide) groups is 1. The summed E-state index contributed by atoms with van der Waals surface area (Å²) in [6.07, 6.45) is -0.730. The molecule has 19 heavy (non-hydrogen) atoms. The summed E-state index contributed by atoms with van der Waals surface area (Å²) < 4.78 is 9.85. The maximum absolute atomic E-state index is 12.1. The average Bonchev–Trinajstić information content (AvgIpc) is 2.83. The highest BCUT2D eigenvalue weighted by molar-refractivity contribution is 8.00. The van der Waals surface area contributed by atoms with Gasteiger partial charge in [0.05, 0.1) is 31.9 Å².